The van der Waals surface area contributed by atoms with E-state index in [1.165, 1.54) is 23.6 Å². The Morgan fingerprint density at radius 3 is 2.16 bits per heavy atom. The molecule has 0 spiro atoms. The smallest absolute Gasteiger partial charge is 0.268 e. The summed E-state index contributed by atoms with van der Waals surface area (Å²) in [4.78, 5) is 41.3. The summed E-state index contributed by atoms with van der Waals surface area (Å²) in [7, 11) is 0. The average molecular weight is 435 g/mol. The number of anilines is 1. The summed E-state index contributed by atoms with van der Waals surface area (Å²) in [5.41, 5.74) is 1.81. The molecule has 0 atom stereocenters. The topological polar surface area (TPSA) is 66.5 Å². The number of hydrogen-bond acceptors (Lipinski definition) is 4. The predicted octanol–water partition coefficient (Wildman–Crippen LogP) is 5.24. The molecule has 0 saturated heterocycles. The van der Waals surface area contributed by atoms with E-state index in [1.807, 2.05) is 30.3 Å². The second-order valence-electron chi connectivity index (χ2n) is 8.00. The monoisotopic (exact) mass is 434 g/mol. The van der Waals surface area contributed by atoms with Gasteiger partial charge in [0.15, 0.2) is 0 Å². The number of carbonyl (C=O) groups excluding carboxylic acids is 3. The number of hydrogen-bond donors (Lipinski definition) is 1. The van der Waals surface area contributed by atoms with E-state index >= 15 is 0 Å². The van der Waals surface area contributed by atoms with Crippen molar-refractivity contribution in [2.75, 3.05) is 5.32 Å². The van der Waals surface area contributed by atoms with Gasteiger partial charge in [0.05, 0.1) is 10.5 Å². The molecular weight excluding hydrogens is 408 g/mol. The lowest BCUT2D eigenvalue weighted by Gasteiger charge is -2.25. The first-order valence-corrected chi connectivity index (χ1v) is 11.6. The first kappa shape index (κ1) is 21.4. The molecule has 1 N–H and O–H groups in total. The van der Waals surface area contributed by atoms with E-state index < -0.39 is 0 Å². The van der Waals surface area contributed by atoms with Crippen LogP contribution in [0.15, 0.2) is 64.4 Å². The molecule has 1 fully saturated rings. The molecule has 1 saturated carbocycles. The molecule has 1 aliphatic heterocycles. The van der Waals surface area contributed by atoms with E-state index in [2.05, 4.69) is 5.32 Å². The number of imide groups is 1. The summed E-state index contributed by atoms with van der Waals surface area (Å²) in [6.45, 7) is 1.45. The van der Waals surface area contributed by atoms with Gasteiger partial charge >= 0.3 is 0 Å². The van der Waals surface area contributed by atoms with Crippen molar-refractivity contribution in [2.24, 2.45) is 0 Å². The van der Waals surface area contributed by atoms with Crippen molar-refractivity contribution in [3.8, 4) is 0 Å². The van der Waals surface area contributed by atoms with Gasteiger partial charge in [-0.05, 0) is 42.7 Å². The molecule has 1 heterocycles. The number of benzene rings is 2. The van der Waals surface area contributed by atoms with Crippen LogP contribution in [0.25, 0.3) is 5.57 Å². The Balaban J connectivity index is 1.71. The summed E-state index contributed by atoms with van der Waals surface area (Å²) in [6, 6.07) is 16.8. The Bertz CT molecular complexity index is 1010. The quantitative estimate of drug-likeness (QED) is 0.516. The van der Waals surface area contributed by atoms with Crippen molar-refractivity contribution in [3.63, 3.8) is 0 Å². The maximum Gasteiger partial charge on any atom is 0.268 e. The fourth-order valence-corrected chi connectivity index (χ4v) is 5.27. The van der Waals surface area contributed by atoms with Gasteiger partial charge in [-0.2, -0.15) is 0 Å². The highest BCUT2D eigenvalue weighted by atomic mass is 32.2. The molecular formula is C25H26N2O3S. The van der Waals surface area contributed by atoms with Gasteiger partial charge in [0.25, 0.3) is 11.8 Å². The molecule has 2 aromatic rings. The number of nitrogens with one attached hydrogen (secondary N) is 1. The van der Waals surface area contributed by atoms with E-state index in [9.17, 15) is 14.4 Å². The van der Waals surface area contributed by atoms with E-state index in [0.717, 1.165) is 43.4 Å². The van der Waals surface area contributed by atoms with Crippen LogP contribution in [0.3, 0.4) is 0 Å². The van der Waals surface area contributed by atoms with Crippen molar-refractivity contribution in [3.05, 3.63) is 65.1 Å². The van der Waals surface area contributed by atoms with Crippen LogP contribution in [0.5, 0.6) is 0 Å². The van der Waals surface area contributed by atoms with Crippen LogP contribution in [0.2, 0.25) is 0 Å². The largest absolute Gasteiger partial charge is 0.326 e. The summed E-state index contributed by atoms with van der Waals surface area (Å²) >= 11 is 1.35. The molecule has 1 aliphatic carbocycles. The molecule has 2 aliphatic rings. The first-order valence-electron chi connectivity index (χ1n) is 10.8. The zero-order chi connectivity index (χ0) is 21.8. The summed E-state index contributed by atoms with van der Waals surface area (Å²) in [5, 5.41) is 2.74. The van der Waals surface area contributed by atoms with E-state index in [-0.39, 0.29) is 23.8 Å². The van der Waals surface area contributed by atoms with Crippen LogP contribution in [-0.4, -0.2) is 28.7 Å². The number of nitrogens with zero attached hydrogens (tertiary/aromatic N) is 1. The summed E-state index contributed by atoms with van der Waals surface area (Å²) in [6.07, 6.45) is 6.14. The Labute approximate surface area is 186 Å². The van der Waals surface area contributed by atoms with Crippen molar-refractivity contribution in [1.29, 1.82) is 0 Å². The third kappa shape index (κ3) is 4.74. The van der Waals surface area contributed by atoms with Crippen molar-refractivity contribution in [1.82, 2.24) is 4.90 Å². The highest BCUT2D eigenvalue weighted by molar-refractivity contribution is 8.04. The lowest BCUT2D eigenvalue weighted by atomic mass is 10.0. The highest BCUT2D eigenvalue weighted by Crippen LogP contribution is 2.42. The second-order valence-corrected chi connectivity index (χ2v) is 9.09. The first-order chi connectivity index (χ1) is 15.0. The van der Waals surface area contributed by atoms with Gasteiger partial charge in [-0.1, -0.05) is 67.8 Å². The van der Waals surface area contributed by atoms with Crippen LogP contribution in [0, 0.1) is 0 Å². The Morgan fingerprint density at radius 1 is 0.903 bits per heavy atom. The molecule has 31 heavy (non-hydrogen) atoms. The molecule has 160 valence electrons. The van der Waals surface area contributed by atoms with Crippen LogP contribution < -0.4 is 5.32 Å². The van der Waals surface area contributed by atoms with E-state index in [1.54, 1.807) is 24.3 Å². The Hall–Kier alpha value is -2.86. The van der Waals surface area contributed by atoms with Crippen molar-refractivity contribution < 1.29 is 14.4 Å². The number of thioether (sulfide) groups is 1. The molecule has 5 nitrogen and oxygen atoms in total. The van der Waals surface area contributed by atoms with Crippen LogP contribution in [-0.2, 0) is 14.4 Å². The third-order valence-corrected chi connectivity index (χ3v) is 6.81. The van der Waals surface area contributed by atoms with Gasteiger partial charge in [-0.15, -0.1) is 0 Å². The molecule has 0 radical (unpaired) electrons. The average Bonchev–Trinajstić information content (AvgIpc) is 2.93. The van der Waals surface area contributed by atoms with Gasteiger partial charge in [-0.25, -0.2) is 0 Å². The molecule has 3 amide bonds. The minimum Gasteiger partial charge on any atom is -0.326 e. The van der Waals surface area contributed by atoms with Gasteiger partial charge in [0.2, 0.25) is 5.91 Å². The van der Waals surface area contributed by atoms with Gasteiger partial charge < -0.3 is 5.32 Å². The van der Waals surface area contributed by atoms with Crippen molar-refractivity contribution >= 4 is 40.7 Å². The molecule has 6 heteroatoms. The number of amides is 3. The highest BCUT2D eigenvalue weighted by Gasteiger charge is 2.42. The third-order valence-electron chi connectivity index (χ3n) is 5.72. The maximum atomic E-state index is 13.6. The number of rotatable bonds is 5. The van der Waals surface area contributed by atoms with Gasteiger partial charge in [0, 0.05) is 23.5 Å². The van der Waals surface area contributed by atoms with Crippen molar-refractivity contribution in [2.45, 2.75) is 56.4 Å². The fraction of sp³-hybridized carbons (Fsp3) is 0.320. The van der Waals surface area contributed by atoms with Crippen LogP contribution in [0.4, 0.5) is 5.69 Å². The van der Waals surface area contributed by atoms with Gasteiger partial charge in [-0.3, -0.25) is 19.3 Å². The maximum absolute atomic E-state index is 13.6. The van der Waals surface area contributed by atoms with E-state index in [4.69, 9.17) is 0 Å². The summed E-state index contributed by atoms with van der Waals surface area (Å²) in [5.74, 6) is -0.548. The Morgan fingerprint density at radius 2 is 1.55 bits per heavy atom. The molecule has 0 bridgehead atoms. The predicted molar refractivity (Wildman–Crippen MR) is 123 cm³/mol. The molecule has 0 unspecified atom stereocenters. The lowest BCUT2D eigenvalue weighted by Crippen LogP contribution is -2.40. The Kier molecular flexibility index (Phi) is 6.56. The van der Waals surface area contributed by atoms with E-state index in [0.29, 0.717) is 21.7 Å². The zero-order valence-electron chi connectivity index (χ0n) is 17.6. The molecule has 2 aromatic carbocycles. The zero-order valence-corrected chi connectivity index (χ0v) is 18.4. The standard InChI is InChI=1S/C25H26N2O3S/c1-17(28)26-19-15-13-18(14-16-19)22-23(31-21-11-7-4-8-12-21)25(30)27(24(22)29)20-9-5-2-3-6-10-20/h4,7-8,11-16,20H,2-3,5-6,9-10H2,1H3,(H,26,28). The molecule has 4 rings (SSSR count). The minimum atomic E-state index is -0.206. The molecule has 0 aromatic heterocycles. The van der Waals surface area contributed by atoms with Crippen LogP contribution >= 0.6 is 11.8 Å². The normalized spacial score (nSPS) is 17.8. The number of carbonyl (C=O) groups is 3. The summed E-state index contributed by atoms with van der Waals surface area (Å²) < 4.78 is 0. The lowest BCUT2D eigenvalue weighted by molar-refractivity contribution is -0.139. The second kappa shape index (κ2) is 9.52. The van der Waals surface area contributed by atoms with Gasteiger partial charge in [0.1, 0.15) is 0 Å². The van der Waals surface area contributed by atoms with Crippen LogP contribution in [0.1, 0.15) is 51.0 Å². The minimum absolute atomic E-state index is 0.0370. The SMILES string of the molecule is CC(=O)Nc1ccc(C2=C(Sc3ccccc3)C(=O)N(C3CCCCCC3)C2=O)cc1. The fourth-order valence-electron chi connectivity index (χ4n) is 4.25.